The Morgan fingerprint density at radius 1 is 0.857 bits per heavy atom. The lowest BCUT2D eigenvalue weighted by atomic mass is 10.1. The highest BCUT2D eigenvalue weighted by Gasteiger charge is 2.23. The van der Waals surface area contributed by atoms with Crippen molar-refractivity contribution in [3.05, 3.63) is 90.3 Å². The Hall–Kier alpha value is -3.34. The van der Waals surface area contributed by atoms with E-state index in [2.05, 4.69) is 9.88 Å². The first kappa shape index (κ1) is 18.0. The third-order valence-electron chi connectivity index (χ3n) is 4.98. The van der Waals surface area contributed by atoms with Crippen LogP contribution in [0.2, 0.25) is 0 Å². The molecule has 5 heteroatoms. The minimum Gasteiger partial charge on any atom is -0.489 e. The number of benzene rings is 2. The number of hydrogen-bond acceptors (Lipinski definition) is 4. The predicted octanol–water partition coefficient (Wildman–Crippen LogP) is 3.62. The van der Waals surface area contributed by atoms with E-state index >= 15 is 0 Å². The van der Waals surface area contributed by atoms with E-state index < -0.39 is 0 Å². The minimum atomic E-state index is 0.0710. The average molecular weight is 373 g/mol. The Bertz CT molecular complexity index is 907. The largest absolute Gasteiger partial charge is 0.489 e. The maximum atomic E-state index is 13.1. The Balaban J connectivity index is 1.41. The molecule has 4 rings (SSSR count). The molecule has 0 N–H and O–H groups in total. The molecule has 5 nitrogen and oxygen atoms in total. The summed E-state index contributed by atoms with van der Waals surface area (Å²) in [6.07, 6.45) is 3.60. The molecule has 0 aliphatic carbocycles. The van der Waals surface area contributed by atoms with E-state index in [0.717, 1.165) is 35.7 Å². The number of carbonyl (C=O) groups is 1. The van der Waals surface area contributed by atoms with Gasteiger partial charge in [-0.05, 0) is 30.3 Å². The molecule has 28 heavy (non-hydrogen) atoms. The van der Waals surface area contributed by atoms with Gasteiger partial charge in [-0.1, -0.05) is 36.4 Å². The molecule has 1 aliphatic rings. The molecule has 142 valence electrons. The van der Waals surface area contributed by atoms with Crippen LogP contribution in [-0.2, 0) is 6.61 Å². The number of amides is 1. The molecule has 0 radical (unpaired) electrons. The lowest BCUT2D eigenvalue weighted by Gasteiger charge is -2.36. The molecular formula is C23H23N3O2. The molecule has 1 fully saturated rings. The maximum absolute atomic E-state index is 13.1. The molecule has 0 spiro atoms. The van der Waals surface area contributed by atoms with Gasteiger partial charge >= 0.3 is 0 Å². The number of rotatable bonds is 5. The normalized spacial score (nSPS) is 14.0. The van der Waals surface area contributed by atoms with Crippen molar-refractivity contribution in [1.29, 1.82) is 0 Å². The number of piperazine rings is 1. The van der Waals surface area contributed by atoms with Gasteiger partial charge in [-0.3, -0.25) is 9.78 Å². The lowest BCUT2D eigenvalue weighted by molar-refractivity contribution is 0.0744. The summed E-state index contributed by atoms with van der Waals surface area (Å²) >= 11 is 0. The Kier molecular flexibility index (Phi) is 5.52. The van der Waals surface area contributed by atoms with E-state index in [9.17, 15) is 4.79 Å². The van der Waals surface area contributed by atoms with Gasteiger partial charge in [-0.15, -0.1) is 0 Å². The summed E-state index contributed by atoms with van der Waals surface area (Å²) in [6.45, 7) is 3.42. The number of carbonyl (C=O) groups excluding carboxylic acids is 1. The zero-order valence-electron chi connectivity index (χ0n) is 15.7. The zero-order valence-corrected chi connectivity index (χ0v) is 15.7. The Labute approximate surface area is 165 Å². The topological polar surface area (TPSA) is 45.7 Å². The predicted molar refractivity (Wildman–Crippen MR) is 110 cm³/mol. The summed E-state index contributed by atoms with van der Waals surface area (Å²) < 4.78 is 5.86. The van der Waals surface area contributed by atoms with E-state index in [1.54, 1.807) is 12.4 Å². The van der Waals surface area contributed by atoms with Crippen molar-refractivity contribution in [2.75, 3.05) is 31.1 Å². The van der Waals surface area contributed by atoms with Crippen molar-refractivity contribution < 1.29 is 9.53 Å². The first-order valence-corrected chi connectivity index (χ1v) is 9.51. The molecule has 1 aliphatic heterocycles. The highest BCUT2D eigenvalue weighted by atomic mass is 16.5. The summed E-state index contributed by atoms with van der Waals surface area (Å²) in [6, 6.07) is 21.4. The summed E-state index contributed by atoms with van der Waals surface area (Å²) in [5.74, 6) is 0.873. The van der Waals surface area contributed by atoms with E-state index in [4.69, 9.17) is 4.74 Å². The van der Waals surface area contributed by atoms with E-state index in [1.165, 1.54) is 0 Å². The second-order valence-corrected chi connectivity index (χ2v) is 6.74. The van der Waals surface area contributed by atoms with Crippen molar-refractivity contribution >= 4 is 11.6 Å². The van der Waals surface area contributed by atoms with E-state index in [1.807, 2.05) is 71.6 Å². The molecule has 2 aromatic carbocycles. The second kappa shape index (κ2) is 8.57. The van der Waals surface area contributed by atoms with Crippen LogP contribution < -0.4 is 9.64 Å². The standard InChI is InChI=1S/C23H23N3O2/c27-23(26-16-14-25(15-17-26)20-10-12-24-13-11-20)22-9-5-4-6-19(22)18-28-21-7-2-1-3-8-21/h1-13H,14-18H2. The maximum Gasteiger partial charge on any atom is 0.254 e. The molecule has 1 aromatic heterocycles. The smallest absolute Gasteiger partial charge is 0.254 e. The van der Waals surface area contributed by atoms with Crippen LogP contribution in [0.15, 0.2) is 79.1 Å². The molecule has 0 unspecified atom stereocenters. The molecule has 3 aromatic rings. The van der Waals surface area contributed by atoms with Gasteiger partial charge in [0, 0.05) is 55.4 Å². The number of pyridine rings is 1. The van der Waals surface area contributed by atoms with Crippen LogP contribution in [0.3, 0.4) is 0 Å². The fourth-order valence-corrected chi connectivity index (χ4v) is 3.43. The van der Waals surface area contributed by atoms with Crippen molar-refractivity contribution in [3.8, 4) is 5.75 Å². The van der Waals surface area contributed by atoms with Crippen LogP contribution in [-0.4, -0.2) is 42.0 Å². The highest BCUT2D eigenvalue weighted by Crippen LogP contribution is 2.19. The Morgan fingerprint density at radius 3 is 2.29 bits per heavy atom. The van der Waals surface area contributed by atoms with E-state index in [-0.39, 0.29) is 5.91 Å². The molecule has 2 heterocycles. The average Bonchev–Trinajstić information content (AvgIpc) is 2.79. The second-order valence-electron chi connectivity index (χ2n) is 6.74. The number of aromatic nitrogens is 1. The summed E-state index contributed by atoms with van der Waals surface area (Å²) in [5.41, 5.74) is 2.78. The summed E-state index contributed by atoms with van der Waals surface area (Å²) in [5, 5.41) is 0. The third-order valence-corrected chi connectivity index (χ3v) is 4.98. The third kappa shape index (κ3) is 4.14. The van der Waals surface area contributed by atoms with Crippen LogP contribution in [0.1, 0.15) is 15.9 Å². The monoisotopic (exact) mass is 373 g/mol. The van der Waals surface area contributed by atoms with Crippen LogP contribution in [0.4, 0.5) is 5.69 Å². The van der Waals surface area contributed by atoms with Gasteiger partial charge in [-0.2, -0.15) is 0 Å². The van der Waals surface area contributed by atoms with Crippen molar-refractivity contribution in [3.63, 3.8) is 0 Å². The van der Waals surface area contributed by atoms with Gasteiger partial charge in [-0.25, -0.2) is 0 Å². The molecule has 1 amide bonds. The van der Waals surface area contributed by atoms with Gasteiger partial charge in [0.15, 0.2) is 0 Å². The molecule has 0 bridgehead atoms. The SMILES string of the molecule is O=C(c1ccccc1COc1ccccc1)N1CCN(c2ccncc2)CC1. The number of ether oxygens (including phenoxy) is 1. The van der Waals surface area contributed by atoms with Crippen molar-refractivity contribution in [2.45, 2.75) is 6.61 Å². The lowest BCUT2D eigenvalue weighted by Crippen LogP contribution is -2.49. The van der Waals surface area contributed by atoms with Gasteiger partial charge in [0.25, 0.3) is 5.91 Å². The molecular weight excluding hydrogens is 350 g/mol. The number of anilines is 1. The van der Waals surface area contributed by atoms with Crippen LogP contribution in [0, 0.1) is 0 Å². The zero-order chi connectivity index (χ0) is 19.2. The van der Waals surface area contributed by atoms with Gasteiger partial charge in [0.05, 0.1) is 0 Å². The highest BCUT2D eigenvalue weighted by molar-refractivity contribution is 5.95. The fourth-order valence-electron chi connectivity index (χ4n) is 3.43. The van der Waals surface area contributed by atoms with Crippen LogP contribution >= 0.6 is 0 Å². The fraction of sp³-hybridized carbons (Fsp3) is 0.217. The van der Waals surface area contributed by atoms with Gasteiger partial charge in [0.2, 0.25) is 0 Å². The molecule has 0 saturated carbocycles. The number of hydrogen-bond donors (Lipinski definition) is 0. The van der Waals surface area contributed by atoms with Crippen molar-refractivity contribution in [2.24, 2.45) is 0 Å². The van der Waals surface area contributed by atoms with Crippen LogP contribution in [0.25, 0.3) is 0 Å². The van der Waals surface area contributed by atoms with Crippen molar-refractivity contribution in [1.82, 2.24) is 9.88 Å². The summed E-state index contributed by atoms with van der Waals surface area (Å²) in [7, 11) is 0. The first-order chi connectivity index (χ1) is 13.8. The molecule has 1 saturated heterocycles. The van der Waals surface area contributed by atoms with E-state index in [0.29, 0.717) is 19.7 Å². The quantitative estimate of drug-likeness (QED) is 0.685. The number of nitrogens with zero attached hydrogens (tertiary/aromatic N) is 3. The minimum absolute atomic E-state index is 0.0710. The summed E-state index contributed by atoms with van der Waals surface area (Å²) in [4.78, 5) is 21.4. The number of para-hydroxylation sites is 1. The van der Waals surface area contributed by atoms with Gasteiger partial charge < -0.3 is 14.5 Å². The Morgan fingerprint density at radius 2 is 1.54 bits per heavy atom. The van der Waals surface area contributed by atoms with Gasteiger partial charge in [0.1, 0.15) is 12.4 Å². The van der Waals surface area contributed by atoms with Crippen LogP contribution in [0.5, 0.6) is 5.75 Å². The first-order valence-electron chi connectivity index (χ1n) is 9.51. The molecule has 0 atom stereocenters.